The van der Waals surface area contributed by atoms with Gasteiger partial charge >= 0.3 is 0 Å². The van der Waals surface area contributed by atoms with Gasteiger partial charge in [-0.25, -0.2) is 0 Å². The van der Waals surface area contributed by atoms with Crippen molar-refractivity contribution in [1.82, 2.24) is 0 Å². The summed E-state index contributed by atoms with van der Waals surface area (Å²) in [4.78, 5) is 0. The highest BCUT2D eigenvalue weighted by atomic mass is 19.1. The fraction of sp³-hybridized carbons (Fsp3) is 0.750. The summed E-state index contributed by atoms with van der Waals surface area (Å²) in [6.07, 6.45) is 0.682. The largest absolute Gasteiger partial charge is 0.457 e. The molecule has 0 bridgehead atoms. The molecular formula is C4H6FO-. The van der Waals surface area contributed by atoms with Gasteiger partial charge in [-0.1, -0.05) is 0 Å². The maximum absolute atomic E-state index is 11.2. The molecule has 0 saturated carbocycles. The Bertz CT molecular complexity index is 40.1. The van der Waals surface area contributed by atoms with E-state index in [1.807, 2.05) is 0 Å². The van der Waals surface area contributed by atoms with E-state index < -0.39 is 0 Å². The Morgan fingerprint density at radius 3 is 2.50 bits per heavy atom. The second kappa shape index (κ2) is 1.56. The van der Waals surface area contributed by atoms with Crippen LogP contribution in [0.25, 0.3) is 0 Å². The monoisotopic (exact) mass is 89.0 g/mol. The third-order valence-corrected chi connectivity index (χ3v) is 0.875. The van der Waals surface area contributed by atoms with Gasteiger partial charge < -0.3 is 9.13 Å². The molecule has 0 aromatic heterocycles. The van der Waals surface area contributed by atoms with Crippen LogP contribution in [0.4, 0.5) is 4.39 Å². The lowest BCUT2D eigenvalue weighted by atomic mass is 10.2. The summed E-state index contributed by atoms with van der Waals surface area (Å²) < 4.78 is 15.8. The van der Waals surface area contributed by atoms with E-state index in [2.05, 4.69) is 4.74 Å². The van der Waals surface area contributed by atoms with E-state index in [0.717, 1.165) is 13.0 Å². The summed E-state index contributed by atoms with van der Waals surface area (Å²) in [5.41, 5.74) is 0. The van der Waals surface area contributed by atoms with E-state index in [0.29, 0.717) is 6.67 Å². The van der Waals surface area contributed by atoms with Gasteiger partial charge in [0.25, 0.3) is 0 Å². The molecule has 0 aromatic carbocycles. The molecule has 2 heteroatoms. The van der Waals surface area contributed by atoms with E-state index in [9.17, 15) is 4.39 Å². The Morgan fingerprint density at radius 2 is 2.50 bits per heavy atom. The minimum atomic E-state index is -0.176. The van der Waals surface area contributed by atoms with Crippen LogP contribution < -0.4 is 0 Å². The molecule has 0 spiro atoms. The van der Waals surface area contributed by atoms with Crippen molar-refractivity contribution in [3.05, 3.63) is 6.67 Å². The van der Waals surface area contributed by atoms with E-state index >= 15 is 0 Å². The van der Waals surface area contributed by atoms with Gasteiger partial charge in [-0.2, -0.15) is 0 Å². The average molecular weight is 89.1 g/mol. The molecule has 1 aliphatic rings. The first-order valence-electron chi connectivity index (χ1n) is 1.98. The predicted octanol–water partition coefficient (Wildman–Crippen LogP) is 0.907. The normalized spacial score (nSPS) is 32.5. The third kappa shape index (κ3) is 0.522. The lowest BCUT2D eigenvalue weighted by Gasteiger charge is -2.30. The van der Waals surface area contributed by atoms with E-state index in [1.165, 1.54) is 0 Å². The minimum absolute atomic E-state index is 0.176. The van der Waals surface area contributed by atoms with Crippen molar-refractivity contribution in [3.63, 3.8) is 0 Å². The lowest BCUT2D eigenvalue weighted by Crippen LogP contribution is -2.25. The topological polar surface area (TPSA) is 9.23 Å². The molecular weight excluding hydrogens is 83.0 g/mol. The molecule has 0 amide bonds. The van der Waals surface area contributed by atoms with Crippen molar-refractivity contribution in [3.8, 4) is 0 Å². The minimum Gasteiger partial charge on any atom is -0.457 e. The highest BCUT2D eigenvalue weighted by molar-refractivity contribution is 4.72. The van der Waals surface area contributed by atoms with Crippen LogP contribution in [0.3, 0.4) is 0 Å². The summed E-state index contributed by atoms with van der Waals surface area (Å²) in [7, 11) is 0. The molecule has 0 unspecified atom stereocenters. The first-order valence-corrected chi connectivity index (χ1v) is 1.98. The Balaban J connectivity index is 2.01. The highest BCUT2D eigenvalue weighted by Gasteiger charge is 2.07. The maximum Gasteiger partial charge on any atom is 0.0434 e. The Morgan fingerprint density at radius 1 is 1.83 bits per heavy atom. The molecule has 6 heavy (non-hydrogen) atoms. The van der Waals surface area contributed by atoms with Crippen LogP contribution in [0, 0.1) is 6.67 Å². The molecule has 1 rings (SSSR count). The van der Waals surface area contributed by atoms with E-state index in [-0.39, 0.29) is 6.10 Å². The van der Waals surface area contributed by atoms with Crippen LogP contribution in [-0.4, -0.2) is 12.7 Å². The van der Waals surface area contributed by atoms with Crippen LogP contribution >= 0.6 is 0 Å². The summed E-state index contributed by atoms with van der Waals surface area (Å²) >= 11 is 0. The molecule has 0 aliphatic carbocycles. The molecule has 0 radical (unpaired) electrons. The summed E-state index contributed by atoms with van der Waals surface area (Å²) in [5.74, 6) is 0. The van der Waals surface area contributed by atoms with Crippen LogP contribution in [0.2, 0.25) is 0 Å². The van der Waals surface area contributed by atoms with Gasteiger partial charge in [0.1, 0.15) is 0 Å². The third-order valence-electron chi connectivity index (χ3n) is 0.875. The maximum atomic E-state index is 11.2. The van der Waals surface area contributed by atoms with Gasteiger partial charge in [0.05, 0.1) is 0 Å². The number of ether oxygens (including phenoxy) is 1. The molecule has 1 aliphatic heterocycles. The highest BCUT2D eigenvalue weighted by Crippen LogP contribution is 2.13. The zero-order valence-corrected chi connectivity index (χ0v) is 3.36. The zero-order valence-electron chi connectivity index (χ0n) is 3.36. The summed E-state index contributed by atoms with van der Waals surface area (Å²) in [5, 5.41) is 0. The standard InChI is InChI=1S/C4H6FO/c5-3-4-1-2-6-4/h3-4H,1-2H2/q-1/t4-/m0/s1. The zero-order chi connectivity index (χ0) is 4.41. The fourth-order valence-electron chi connectivity index (χ4n) is 0.353. The van der Waals surface area contributed by atoms with Gasteiger partial charge in [0, 0.05) is 6.61 Å². The molecule has 1 heterocycles. The fourth-order valence-corrected chi connectivity index (χ4v) is 0.353. The first-order chi connectivity index (χ1) is 2.93. The van der Waals surface area contributed by atoms with Gasteiger partial charge in [-0.05, 0) is 12.5 Å². The average Bonchev–Trinajstić information content (AvgIpc) is 1.31. The van der Waals surface area contributed by atoms with Crippen molar-refractivity contribution in [1.29, 1.82) is 0 Å². The van der Waals surface area contributed by atoms with Crippen molar-refractivity contribution in [2.24, 2.45) is 0 Å². The van der Waals surface area contributed by atoms with Gasteiger partial charge in [-0.3, -0.25) is 0 Å². The first kappa shape index (κ1) is 4.06. The second-order valence-electron chi connectivity index (χ2n) is 1.32. The quantitative estimate of drug-likeness (QED) is 0.434. The predicted molar refractivity (Wildman–Crippen MR) is 19.8 cm³/mol. The van der Waals surface area contributed by atoms with Crippen molar-refractivity contribution in [2.45, 2.75) is 12.5 Å². The van der Waals surface area contributed by atoms with Crippen molar-refractivity contribution >= 4 is 0 Å². The van der Waals surface area contributed by atoms with E-state index in [1.54, 1.807) is 0 Å². The molecule has 1 fully saturated rings. The molecule has 1 atom stereocenters. The lowest BCUT2D eigenvalue weighted by molar-refractivity contribution is -0.0417. The summed E-state index contributed by atoms with van der Waals surface area (Å²) in [6.45, 7) is 1.31. The summed E-state index contributed by atoms with van der Waals surface area (Å²) in [6, 6.07) is 0. The Hall–Kier alpha value is -0.110. The smallest absolute Gasteiger partial charge is 0.0434 e. The second-order valence-corrected chi connectivity index (χ2v) is 1.32. The molecule has 1 saturated heterocycles. The van der Waals surface area contributed by atoms with Crippen LogP contribution in [0.15, 0.2) is 0 Å². The Kier molecular flexibility index (Phi) is 1.05. The van der Waals surface area contributed by atoms with Crippen molar-refractivity contribution in [2.75, 3.05) is 6.61 Å². The SMILES string of the molecule is F[CH-][C@@H]1CCO1. The van der Waals surface area contributed by atoms with Gasteiger partial charge in [-0.15, -0.1) is 6.67 Å². The molecule has 1 nitrogen and oxygen atoms in total. The van der Waals surface area contributed by atoms with Gasteiger partial charge in [0.2, 0.25) is 0 Å². The van der Waals surface area contributed by atoms with E-state index in [4.69, 9.17) is 0 Å². The van der Waals surface area contributed by atoms with Crippen LogP contribution in [-0.2, 0) is 4.74 Å². The number of halogens is 1. The number of rotatable bonds is 1. The van der Waals surface area contributed by atoms with Crippen LogP contribution in [0.1, 0.15) is 6.42 Å². The van der Waals surface area contributed by atoms with Crippen LogP contribution in [0.5, 0.6) is 0 Å². The molecule has 0 N–H and O–H groups in total. The van der Waals surface area contributed by atoms with Crippen molar-refractivity contribution < 1.29 is 9.13 Å². The molecule has 0 aromatic rings. The number of hydrogen-bond donors (Lipinski definition) is 0. The number of hydrogen-bond acceptors (Lipinski definition) is 1. The van der Waals surface area contributed by atoms with Gasteiger partial charge in [0.15, 0.2) is 0 Å². The Labute approximate surface area is 36.1 Å². The molecule has 36 valence electrons.